The van der Waals surface area contributed by atoms with E-state index in [1.54, 1.807) is 11.8 Å². The minimum absolute atomic E-state index is 0.0669. The van der Waals surface area contributed by atoms with Gasteiger partial charge in [0.25, 0.3) is 0 Å². The third-order valence-electron chi connectivity index (χ3n) is 3.28. The molecule has 2 N–H and O–H groups in total. The van der Waals surface area contributed by atoms with Gasteiger partial charge in [-0.2, -0.15) is 5.10 Å². The molecule has 2 aromatic rings. The summed E-state index contributed by atoms with van der Waals surface area (Å²) in [6, 6.07) is 7.84. The first-order valence-electron chi connectivity index (χ1n) is 7.87. The van der Waals surface area contributed by atoms with Crippen LogP contribution in [0.1, 0.15) is 13.8 Å². The molecule has 7 nitrogen and oxygen atoms in total. The third kappa shape index (κ3) is 6.21. The number of rotatable bonds is 10. The molecule has 1 amide bonds. The molecule has 130 valence electrons. The molecule has 0 fully saturated rings. The second-order valence-electron chi connectivity index (χ2n) is 5.06. The molecule has 24 heavy (non-hydrogen) atoms. The maximum absolute atomic E-state index is 11.2. The quantitative estimate of drug-likeness (QED) is 0.506. The smallest absolute Gasteiger partial charge is 0.221 e. The molecule has 1 heterocycles. The number of anilines is 2. The molecule has 2 rings (SSSR count). The van der Waals surface area contributed by atoms with Crippen molar-refractivity contribution in [3.05, 3.63) is 30.6 Å². The second kappa shape index (κ2) is 9.94. The van der Waals surface area contributed by atoms with E-state index < -0.39 is 0 Å². The molecule has 0 atom stereocenters. The number of hydrogen-bond donors (Lipinski definition) is 2. The summed E-state index contributed by atoms with van der Waals surface area (Å²) >= 11 is 1.59. The maximum atomic E-state index is 11.2. The Morgan fingerprint density at radius 3 is 3.00 bits per heavy atom. The summed E-state index contributed by atoms with van der Waals surface area (Å²) in [5.41, 5.74) is 1.88. The van der Waals surface area contributed by atoms with Gasteiger partial charge in [-0.25, -0.2) is 4.98 Å². The number of hydrogen-bond acceptors (Lipinski definition) is 6. The zero-order chi connectivity index (χ0) is 17.2. The molecular formula is C16H23N5O2S. The van der Waals surface area contributed by atoms with Crippen molar-refractivity contribution >= 4 is 29.0 Å². The minimum atomic E-state index is -0.0669. The van der Waals surface area contributed by atoms with Crippen LogP contribution in [0.15, 0.2) is 35.7 Å². The van der Waals surface area contributed by atoms with Crippen molar-refractivity contribution in [3.8, 4) is 0 Å². The number of aromatic nitrogens is 3. The number of carbonyl (C=O) groups is 1. The Kier molecular flexibility index (Phi) is 7.57. The summed E-state index contributed by atoms with van der Waals surface area (Å²) < 4.78 is 5.69. The number of nitrogens with one attached hydrogen (secondary N) is 2. The monoisotopic (exact) mass is 349 g/mol. The fourth-order valence-electron chi connectivity index (χ4n) is 2.19. The maximum Gasteiger partial charge on any atom is 0.221 e. The highest BCUT2D eigenvalue weighted by atomic mass is 32.2. The van der Waals surface area contributed by atoms with Gasteiger partial charge in [0.1, 0.15) is 6.33 Å². The van der Waals surface area contributed by atoms with E-state index in [2.05, 4.69) is 32.3 Å². The number of H-pyrrole nitrogens is 1. The predicted molar refractivity (Wildman–Crippen MR) is 96.6 cm³/mol. The van der Waals surface area contributed by atoms with Crippen LogP contribution in [-0.4, -0.2) is 53.1 Å². The number of ether oxygens (including phenoxy) is 1. The molecule has 0 spiro atoms. The Hall–Kier alpha value is -2.06. The number of carbonyl (C=O) groups excluding carboxylic acids is 1. The number of thioether (sulfide) groups is 1. The highest BCUT2D eigenvalue weighted by Crippen LogP contribution is 2.19. The molecule has 8 heteroatoms. The second-order valence-corrected chi connectivity index (χ2v) is 6.15. The van der Waals surface area contributed by atoms with E-state index in [9.17, 15) is 4.79 Å². The van der Waals surface area contributed by atoms with E-state index in [-0.39, 0.29) is 5.91 Å². The highest BCUT2D eigenvalue weighted by Gasteiger charge is 2.06. The van der Waals surface area contributed by atoms with Crippen molar-refractivity contribution < 1.29 is 9.53 Å². The minimum Gasteiger partial charge on any atom is -0.379 e. The van der Waals surface area contributed by atoms with Gasteiger partial charge in [0, 0.05) is 37.1 Å². The third-order valence-corrected chi connectivity index (χ3v) is 4.12. The van der Waals surface area contributed by atoms with Crippen LogP contribution in [0.25, 0.3) is 0 Å². The van der Waals surface area contributed by atoms with E-state index >= 15 is 0 Å². The van der Waals surface area contributed by atoms with Gasteiger partial charge in [-0.05, 0) is 25.1 Å². The summed E-state index contributed by atoms with van der Waals surface area (Å²) in [5, 5.41) is 10.2. The van der Waals surface area contributed by atoms with Gasteiger partial charge in [-0.1, -0.05) is 17.8 Å². The van der Waals surface area contributed by atoms with Crippen LogP contribution < -0.4 is 10.2 Å². The van der Waals surface area contributed by atoms with Crippen molar-refractivity contribution in [1.82, 2.24) is 15.2 Å². The molecule has 0 saturated heterocycles. The van der Waals surface area contributed by atoms with Crippen LogP contribution in [0.2, 0.25) is 0 Å². The van der Waals surface area contributed by atoms with Crippen LogP contribution in [0.3, 0.4) is 0 Å². The average molecular weight is 349 g/mol. The van der Waals surface area contributed by atoms with E-state index in [1.165, 1.54) is 13.3 Å². The molecule has 0 radical (unpaired) electrons. The van der Waals surface area contributed by atoms with Crippen molar-refractivity contribution in [2.75, 3.05) is 42.3 Å². The standard InChI is InChI=1S/C16H23N5O2S/c1-3-21(15-6-4-5-14(11-15)19-13(2)22)7-8-23-9-10-24-16-17-12-18-20-16/h4-6,11-12H,3,7-10H2,1-2H3,(H,19,22)(H,17,18,20). The first-order chi connectivity index (χ1) is 11.7. The molecule has 1 aromatic carbocycles. The molecule has 1 aromatic heterocycles. The lowest BCUT2D eigenvalue weighted by Crippen LogP contribution is -2.27. The van der Waals surface area contributed by atoms with Crippen LogP contribution >= 0.6 is 11.8 Å². The van der Waals surface area contributed by atoms with E-state index in [4.69, 9.17) is 4.74 Å². The molecular weight excluding hydrogens is 326 g/mol. The Balaban J connectivity index is 1.72. The fourth-order valence-corrected chi connectivity index (χ4v) is 2.82. The van der Waals surface area contributed by atoms with Crippen LogP contribution in [0.5, 0.6) is 0 Å². The topological polar surface area (TPSA) is 83.1 Å². The molecule has 0 aliphatic rings. The zero-order valence-electron chi connectivity index (χ0n) is 14.0. The lowest BCUT2D eigenvalue weighted by atomic mass is 10.2. The first kappa shape index (κ1) is 18.3. The highest BCUT2D eigenvalue weighted by molar-refractivity contribution is 7.99. The van der Waals surface area contributed by atoms with Crippen LogP contribution in [0, 0.1) is 0 Å². The van der Waals surface area contributed by atoms with Crippen molar-refractivity contribution in [2.45, 2.75) is 19.0 Å². The van der Waals surface area contributed by atoms with Crippen LogP contribution in [-0.2, 0) is 9.53 Å². The zero-order valence-corrected chi connectivity index (χ0v) is 14.8. The SMILES string of the molecule is CCN(CCOCCSc1ncn[nH]1)c1cccc(NC(C)=O)c1. The molecule has 0 aliphatic carbocycles. The summed E-state index contributed by atoms with van der Waals surface area (Å²) in [6.45, 7) is 6.59. The Labute approximate surface area is 146 Å². The van der Waals surface area contributed by atoms with Gasteiger partial charge in [0.15, 0.2) is 5.16 Å². The van der Waals surface area contributed by atoms with E-state index in [0.29, 0.717) is 13.2 Å². The van der Waals surface area contributed by atoms with Gasteiger partial charge >= 0.3 is 0 Å². The first-order valence-corrected chi connectivity index (χ1v) is 8.86. The van der Waals surface area contributed by atoms with Crippen molar-refractivity contribution in [3.63, 3.8) is 0 Å². The number of nitrogens with zero attached hydrogens (tertiary/aromatic N) is 3. The molecule has 0 aliphatic heterocycles. The van der Waals surface area contributed by atoms with Gasteiger partial charge in [0.05, 0.1) is 13.2 Å². The van der Waals surface area contributed by atoms with E-state index in [1.807, 2.05) is 24.3 Å². The van der Waals surface area contributed by atoms with Gasteiger partial charge in [-0.3, -0.25) is 9.89 Å². The van der Waals surface area contributed by atoms with Gasteiger partial charge in [0.2, 0.25) is 5.91 Å². The summed E-state index contributed by atoms with van der Waals surface area (Å²) in [4.78, 5) is 17.4. The van der Waals surface area contributed by atoms with Crippen molar-refractivity contribution in [2.24, 2.45) is 0 Å². The molecule has 0 saturated carbocycles. The van der Waals surface area contributed by atoms with Gasteiger partial charge in [-0.15, -0.1) is 0 Å². The van der Waals surface area contributed by atoms with Crippen molar-refractivity contribution in [1.29, 1.82) is 0 Å². The molecule has 0 bridgehead atoms. The summed E-state index contributed by atoms with van der Waals surface area (Å²) in [7, 11) is 0. The number of aromatic amines is 1. The van der Waals surface area contributed by atoms with Crippen LogP contribution in [0.4, 0.5) is 11.4 Å². The average Bonchev–Trinajstić information content (AvgIpc) is 3.07. The van der Waals surface area contributed by atoms with E-state index in [0.717, 1.165) is 35.4 Å². The number of likely N-dealkylation sites (N-methyl/N-ethyl adjacent to an activating group) is 1. The molecule has 0 unspecified atom stereocenters. The predicted octanol–water partition coefficient (Wildman–Crippen LogP) is 2.40. The Bertz CT molecular complexity index is 621. The Morgan fingerprint density at radius 2 is 2.29 bits per heavy atom. The summed E-state index contributed by atoms with van der Waals surface area (Å²) in [6.07, 6.45) is 1.50. The lowest BCUT2D eigenvalue weighted by Gasteiger charge is -2.23. The lowest BCUT2D eigenvalue weighted by molar-refractivity contribution is -0.114. The number of benzene rings is 1. The Morgan fingerprint density at radius 1 is 1.42 bits per heavy atom. The van der Waals surface area contributed by atoms with Gasteiger partial charge < -0.3 is 15.0 Å². The largest absolute Gasteiger partial charge is 0.379 e. The fraction of sp³-hybridized carbons (Fsp3) is 0.438. The summed E-state index contributed by atoms with van der Waals surface area (Å²) in [5.74, 6) is 0.766. The number of amides is 1. The normalized spacial score (nSPS) is 10.6.